The third-order valence-electron chi connectivity index (χ3n) is 3.65. The number of nitrogens with two attached hydrogens (primary N) is 1. The smallest absolute Gasteiger partial charge is 0.284 e. The standard InChI is InChI=1S/C13H20N2O2/c1-9-5-7-15(8-6-9)10(2)11-3-4-12(17-11)13(14)16/h3-4,9-10H,5-8H2,1-2H3,(H2,14,16). The van der Waals surface area contributed by atoms with Gasteiger partial charge in [0.05, 0.1) is 6.04 Å². The molecule has 2 rings (SSSR count). The Labute approximate surface area is 102 Å². The van der Waals surface area contributed by atoms with E-state index in [-0.39, 0.29) is 11.8 Å². The number of carbonyl (C=O) groups excluding carboxylic acids is 1. The quantitative estimate of drug-likeness (QED) is 0.875. The van der Waals surface area contributed by atoms with Gasteiger partial charge >= 0.3 is 0 Å². The van der Waals surface area contributed by atoms with E-state index in [4.69, 9.17) is 10.2 Å². The zero-order chi connectivity index (χ0) is 12.4. The van der Waals surface area contributed by atoms with Crippen LogP contribution in [0.15, 0.2) is 16.5 Å². The summed E-state index contributed by atoms with van der Waals surface area (Å²) in [5.74, 6) is 1.39. The van der Waals surface area contributed by atoms with Crippen LogP contribution in [0.3, 0.4) is 0 Å². The highest BCUT2D eigenvalue weighted by Gasteiger charge is 2.23. The molecule has 4 heteroatoms. The molecule has 1 amide bonds. The van der Waals surface area contributed by atoms with Gasteiger partial charge in [-0.15, -0.1) is 0 Å². The molecule has 1 aromatic heterocycles. The average Bonchev–Trinajstić information content (AvgIpc) is 2.78. The Morgan fingerprint density at radius 2 is 2.12 bits per heavy atom. The Hall–Kier alpha value is -1.29. The first kappa shape index (κ1) is 12.2. The van der Waals surface area contributed by atoms with Gasteiger partial charge in [-0.25, -0.2) is 0 Å². The van der Waals surface area contributed by atoms with E-state index in [1.807, 2.05) is 6.07 Å². The second-order valence-corrected chi connectivity index (χ2v) is 4.96. The van der Waals surface area contributed by atoms with Gasteiger partial charge < -0.3 is 10.2 Å². The van der Waals surface area contributed by atoms with Gasteiger partial charge in [-0.3, -0.25) is 9.69 Å². The van der Waals surface area contributed by atoms with Gasteiger partial charge in [0.15, 0.2) is 5.76 Å². The van der Waals surface area contributed by atoms with E-state index in [9.17, 15) is 4.79 Å². The maximum Gasteiger partial charge on any atom is 0.284 e. The van der Waals surface area contributed by atoms with Crippen molar-refractivity contribution >= 4 is 5.91 Å². The molecule has 0 bridgehead atoms. The van der Waals surface area contributed by atoms with Gasteiger partial charge in [0.25, 0.3) is 5.91 Å². The monoisotopic (exact) mass is 236 g/mol. The zero-order valence-corrected chi connectivity index (χ0v) is 10.5. The summed E-state index contributed by atoms with van der Waals surface area (Å²) in [5, 5.41) is 0. The zero-order valence-electron chi connectivity index (χ0n) is 10.5. The molecule has 0 radical (unpaired) electrons. The van der Waals surface area contributed by atoms with Crippen LogP contribution in [-0.4, -0.2) is 23.9 Å². The Bertz CT molecular complexity index is 392. The Morgan fingerprint density at radius 1 is 1.47 bits per heavy atom. The first-order chi connectivity index (χ1) is 8.08. The molecular formula is C13H20N2O2. The fourth-order valence-electron chi connectivity index (χ4n) is 2.31. The fourth-order valence-corrected chi connectivity index (χ4v) is 2.31. The van der Waals surface area contributed by atoms with E-state index in [2.05, 4.69) is 18.7 Å². The Morgan fingerprint density at radius 3 is 2.65 bits per heavy atom. The summed E-state index contributed by atoms with van der Waals surface area (Å²) < 4.78 is 5.47. The molecule has 2 N–H and O–H groups in total. The molecule has 2 heterocycles. The number of nitrogens with zero attached hydrogens (tertiary/aromatic N) is 1. The highest BCUT2D eigenvalue weighted by atomic mass is 16.4. The number of likely N-dealkylation sites (tertiary alicyclic amines) is 1. The van der Waals surface area contributed by atoms with Crippen molar-refractivity contribution in [2.75, 3.05) is 13.1 Å². The largest absolute Gasteiger partial charge is 0.454 e. The van der Waals surface area contributed by atoms with E-state index in [0.29, 0.717) is 0 Å². The van der Waals surface area contributed by atoms with E-state index in [1.165, 1.54) is 12.8 Å². The van der Waals surface area contributed by atoms with Crippen LogP contribution >= 0.6 is 0 Å². The lowest BCUT2D eigenvalue weighted by Crippen LogP contribution is -2.34. The minimum Gasteiger partial charge on any atom is -0.454 e. The number of primary amides is 1. The van der Waals surface area contributed by atoms with Crippen LogP contribution in [0.5, 0.6) is 0 Å². The normalized spacial score (nSPS) is 20.4. The van der Waals surface area contributed by atoms with Crippen molar-refractivity contribution in [3.63, 3.8) is 0 Å². The van der Waals surface area contributed by atoms with Crippen molar-refractivity contribution in [2.45, 2.75) is 32.7 Å². The van der Waals surface area contributed by atoms with Crippen LogP contribution in [0.4, 0.5) is 0 Å². The van der Waals surface area contributed by atoms with Crippen LogP contribution < -0.4 is 5.73 Å². The number of rotatable bonds is 3. The number of amides is 1. The van der Waals surface area contributed by atoms with Gasteiger partial charge in [-0.1, -0.05) is 6.92 Å². The first-order valence-electron chi connectivity index (χ1n) is 6.21. The summed E-state index contributed by atoms with van der Waals surface area (Å²) in [6.07, 6.45) is 2.46. The molecule has 0 saturated carbocycles. The Kier molecular flexibility index (Phi) is 3.52. The maximum absolute atomic E-state index is 11.0. The minimum absolute atomic E-state index is 0.218. The summed E-state index contributed by atoms with van der Waals surface area (Å²) >= 11 is 0. The molecule has 1 fully saturated rings. The topological polar surface area (TPSA) is 59.5 Å². The summed E-state index contributed by atoms with van der Waals surface area (Å²) in [6.45, 7) is 6.59. The summed E-state index contributed by atoms with van der Waals surface area (Å²) in [5.41, 5.74) is 5.18. The summed E-state index contributed by atoms with van der Waals surface area (Å²) in [7, 11) is 0. The van der Waals surface area contributed by atoms with E-state index < -0.39 is 5.91 Å². The minimum atomic E-state index is -0.504. The van der Waals surface area contributed by atoms with Crippen molar-refractivity contribution in [1.82, 2.24) is 4.90 Å². The molecule has 1 unspecified atom stereocenters. The second kappa shape index (κ2) is 4.92. The lowest BCUT2D eigenvalue weighted by Gasteiger charge is -2.33. The van der Waals surface area contributed by atoms with Gasteiger partial charge in [0.1, 0.15) is 5.76 Å². The fraction of sp³-hybridized carbons (Fsp3) is 0.615. The van der Waals surface area contributed by atoms with E-state index in [0.717, 1.165) is 24.8 Å². The highest BCUT2D eigenvalue weighted by Crippen LogP contribution is 2.27. The van der Waals surface area contributed by atoms with Gasteiger partial charge in [-0.2, -0.15) is 0 Å². The van der Waals surface area contributed by atoms with Gasteiger partial charge in [0.2, 0.25) is 0 Å². The molecule has 0 aromatic carbocycles. The molecule has 0 spiro atoms. The predicted molar refractivity (Wildman–Crippen MR) is 65.6 cm³/mol. The number of furan rings is 1. The lowest BCUT2D eigenvalue weighted by atomic mass is 9.98. The van der Waals surface area contributed by atoms with Crippen molar-refractivity contribution in [2.24, 2.45) is 11.7 Å². The van der Waals surface area contributed by atoms with Gasteiger partial charge in [-0.05, 0) is 50.9 Å². The van der Waals surface area contributed by atoms with E-state index in [1.54, 1.807) is 6.07 Å². The maximum atomic E-state index is 11.0. The molecule has 1 aromatic rings. The molecule has 0 aliphatic carbocycles. The van der Waals surface area contributed by atoms with Gasteiger partial charge in [0, 0.05) is 0 Å². The number of carbonyl (C=O) groups is 1. The third-order valence-corrected chi connectivity index (χ3v) is 3.65. The van der Waals surface area contributed by atoms with Crippen molar-refractivity contribution < 1.29 is 9.21 Å². The van der Waals surface area contributed by atoms with Crippen LogP contribution in [0.25, 0.3) is 0 Å². The average molecular weight is 236 g/mol. The first-order valence-corrected chi connectivity index (χ1v) is 6.21. The van der Waals surface area contributed by atoms with Crippen molar-refractivity contribution in [1.29, 1.82) is 0 Å². The molecule has 1 saturated heterocycles. The molecule has 1 aliphatic rings. The Balaban J connectivity index is 2.03. The number of hydrogen-bond donors (Lipinski definition) is 1. The molecular weight excluding hydrogens is 216 g/mol. The molecule has 1 atom stereocenters. The molecule has 1 aliphatic heterocycles. The van der Waals surface area contributed by atoms with Crippen LogP contribution in [-0.2, 0) is 0 Å². The van der Waals surface area contributed by atoms with Crippen LogP contribution in [0.1, 0.15) is 49.0 Å². The molecule has 17 heavy (non-hydrogen) atoms. The van der Waals surface area contributed by atoms with Crippen molar-refractivity contribution in [3.05, 3.63) is 23.7 Å². The lowest BCUT2D eigenvalue weighted by molar-refractivity contribution is 0.0961. The predicted octanol–water partition coefficient (Wildman–Crippen LogP) is 2.17. The van der Waals surface area contributed by atoms with Crippen molar-refractivity contribution in [3.8, 4) is 0 Å². The third kappa shape index (κ3) is 2.69. The van der Waals surface area contributed by atoms with Crippen LogP contribution in [0, 0.1) is 5.92 Å². The summed E-state index contributed by atoms with van der Waals surface area (Å²) in [4.78, 5) is 13.4. The SMILES string of the molecule is CC1CCN(C(C)c2ccc(C(N)=O)o2)CC1. The number of piperidine rings is 1. The van der Waals surface area contributed by atoms with E-state index >= 15 is 0 Å². The summed E-state index contributed by atoms with van der Waals surface area (Å²) in [6, 6.07) is 3.72. The second-order valence-electron chi connectivity index (χ2n) is 4.96. The highest BCUT2D eigenvalue weighted by molar-refractivity contribution is 5.89. The molecule has 94 valence electrons. The van der Waals surface area contributed by atoms with Crippen LogP contribution in [0.2, 0.25) is 0 Å². The molecule has 4 nitrogen and oxygen atoms in total. The number of hydrogen-bond acceptors (Lipinski definition) is 3.